The lowest BCUT2D eigenvalue weighted by atomic mass is 10.2. The van der Waals surface area contributed by atoms with Crippen LogP contribution in [-0.4, -0.2) is 11.8 Å². The van der Waals surface area contributed by atoms with Crippen molar-refractivity contribution in [1.82, 2.24) is 10.9 Å². The summed E-state index contributed by atoms with van der Waals surface area (Å²) in [6.45, 7) is 3.55. The van der Waals surface area contributed by atoms with Crippen LogP contribution >= 0.6 is 27.3 Å². The summed E-state index contributed by atoms with van der Waals surface area (Å²) in [5.74, 6) is -0.459. The molecule has 1 aromatic heterocycles. The minimum absolute atomic E-state index is 0.131. The van der Waals surface area contributed by atoms with Crippen molar-refractivity contribution in [1.29, 1.82) is 0 Å². The van der Waals surface area contributed by atoms with Gasteiger partial charge in [0.05, 0.1) is 3.79 Å². The van der Waals surface area contributed by atoms with Gasteiger partial charge in [-0.3, -0.25) is 20.4 Å². The van der Waals surface area contributed by atoms with Crippen LogP contribution in [0.2, 0.25) is 0 Å². The normalized spacial score (nSPS) is 10.4. The minimum atomic E-state index is -0.175. The number of thiophene rings is 1. The average Bonchev–Trinajstić information content (AvgIpc) is 2.71. The lowest BCUT2D eigenvalue weighted by molar-refractivity contribution is -0.130. The van der Waals surface area contributed by atoms with Crippen molar-refractivity contribution in [3.8, 4) is 0 Å². The van der Waals surface area contributed by atoms with E-state index in [2.05, 4.69) is 26.8 Å². The summed E-state index contributed by atoms with van der Waals surface area (Å²) in [6, 6.07) is 4.05. The average molecular weight is 333 g/mol. The van der Waals surface area contributed by atoms with Crippen molar-refractivity contribution in [2.24, 2.45) is 5.92 Å². The molecule has 18 heavy (non-hydrogen) atoms. The second-order valence-electron chi connectivity index (χ2n) is 4.25. The second kappa shape index (κ2) is 7.53. The van der Waals surface area contributed by atoms with E-state index in [1.807, 2.05) is 12.1 Å². The molecule has 0 aliphatic heterocycles. The number of rotatable bonds is 5. The van der Waals surface area contributed by atoms with Gasteiger partial charge in [-0.1, -0.05) is 13.8 Å². The van der Waals surface area contributed by atoms with E-state index >= 15 is 0 Å². The zero-order valence-electron chi connectivity index (χ0n) is 10.5. The van der Waals surface area contributed by atoms with Crippen molar-refractivity contribution >= 4 is 39.1 Å². The van der Waals surface area contributed by atoms with Gasteiger partial charge in [0.2, 0.25) is 11.8 Å². The molecule has 0 aromatic carbocycles. The molecule has 0 bridgehead atoms. The van der Waals surface area contributed by atoms with E-state index in [4.69, 9.17) is 0 Å². The Morgan fingerprint density at radius 1 is 1.33 bits per heavy atom. The van der Waals surface area contributed by atoms with Crippen molar-refractivity contribution in [2.45, 2.75) is 33.1 Å². The fourth-order valence-corrected chi connectivity index (χ4v) is 2.77. The number of amides is 2. The molecular weight excluding hydrogens is 316 g/mol. The maximum Gasteiger partial charge on any atom is 0.240 e. The summed E-state index contributed by atoms with van der Waals surface area (Å²) < 4.78 is 1.10. The zero-order valence-corrected chi connectivity index (χ0v) is 12.9. The Morgan fingerprint density at radius 2 is 2.06 bits per heavy atom. The van der Waals surface area contributed by atoms with E-state index < -0.39 is 0 Å². The Morgan fingerprint density at radius 3 is 2.61 bits per heavy atom. The van der Waals surface area contributed by atoms with E-state index in [-0.39, 0.29) is 17.7 Å². The maximum atomic E-state index is 11.4. The fraction of sp³-hybridized carbons (Fsp3) is 0.500. The summed E-state index contributed by atoms with van der Waals surface area (Å²) in [5.41, 5.74) is 4.80. The highest BCUT2D eigenvalue weighted by atomic mass is 79.9. The molecule has 0 aliphatic rings. The molecule has 1 heterocycles. The molecule has 0 unspecified atom stereocenters. The van der Waals surface area contributed by atoms with Gasteiger partial charge in [-0.15, -0.1) is 11.3 Å². The third-order valence-electron chi connectivity index (χ3n) is 2.31. The summed E-state index contributed by atoms with van der Waals surface area (Å²) in [4.78, 5) is 23.9. The van der Waals surface area contributed by atoms with Crippen LogP contribution < -0.4 is 10.9 Å². The molecule has 0 saturated carbocycles. The lowest BCUT2D eigenvalue weighted by Crippen LogP contribution is -2.43. The number of aryl methyl sites for hydroxylation is 1. The van der Waals surface area contributed by atoms with Gasteiger partial charge < -0.3 is 0 Å². The molecule has 6 heteroatoms. The lowest BCUT2D eigenvalue weighted by Gasteiger charge is -2.08. The van der Waals surface area contributed by atoms with E-state index in [1.165, 1.54) is 4.88 Å². The van der Waals surface area contributed by atoms with Crippen LogP contribution in [0.1, 0.15) is 31.6 Å². The minimum Gasteiger partial charge on any atom is -0.273 e. The largest absolute Gasteiger partial charge is 0.273 e. The highest BCUT2D eigenvalue weighted by Crippen LogP contribution is 2.23. The van der Waals surface area contributed by atoms with Gasteiger partial charge in [-0.05, 0) is 40.9 Å². The van der Waals surface area contributed by atoms with Crippen LogP contribution in [0.3, 0.4) is 0 Å². The molecular formula is C12H17BrN2O2S. The fourth-order valence-electron chi connectivity index (χ4n) is 1.25. The monoisotopic (exact) mass is 332 g/mol. The van der Waals surface area contributed by atoms with Crippen LogP contribution in [-0.2, 0) is 16.0 Å². The zero-order chi connectivity index (χ0) is 13.5. The summed E-state index contributed by atoms with van der Waals surface area (Å²) in [7, 11) is 0. The number of nitrogens with one attached hydrogen (secondary N) is 2. The highest BCUT2D eigenvalue weighted by molar-refractivity contribution is 9.11. The van der Waals surface area contributed by atoms with Crippen LogP contribution in [0.5, 0.6) is 0 Å². The molecule has 4 nitrogen and oxygen atoms in total. The Kier molecular flexibility index (Phi) is 6.35. The molecule has 2 N–H and O–H groups in total. The number of carbonyl (C=O) groups is 2. The molecule has 0 atom stereocenters. The molecule has 0 fully saturated rings. The Bertz CT molecular complexity index is 418. The van der Waals surface area contributed by atoms with E-state index in [9.17, 15) is 9.59 Å². The smallest absolute Gasteiger partial charge is 0.240 e. The molecule has 1 aromatic rings. The predicted octanol–water partition coefficient (Wildman–Crippen LogP) is 2.64. The van der Waals surface area contributed by atoms with Crippen LogP contribution in [0.15, 0.2) is 15.9 Å². The molecule has 2 amide bonds. The Labute approximate surface area is 119 Å². The first-order valence-electron chi connectivity index (χ1n) is 5.82. The van der Waals surface area contributed by atoms with Crippen LogP contribution in [0.25, 0.3) is 0 Å². The summed E-state index contributed by atoms with van der Waals surface area (Å²) in [6.07, 6.45) is 2.06. The van der Waals surface area contributed by atoms with E-state index in [0.717, 1.165) is 16.6 Å². The standard InChI is InChI=1S/C12H17BrN2O2S/c1-8(2)12(17)15-14-11(16)5-3-4-9-6-7-10(13)18-9/h6-8H,3-5H2,1-2H3,(H,14,16)(H,15,17). The van der Waals surface area contributed by atoms with Gasteiger partial charge in [0.25, 0.3) is 0 Å². The van der Waals surface area contributed by atoms with Gasteiger partial charge in [-0.2, -0.15) is 0 Å². The van der Waals surface area contributed by atoms with E-state index in [1.54, 1.807) is 25.2 Å². The maximum absolute atomic E-state index is 11.4. The predicted molar refractivity (Wildman–Crippen MR) is 76.1 cm³/mol. The number of hydrogen-bond donors (Lipinski definition) is 2. The highest BCUT2D eigenvalue weighted by Gasteiger charge is 2.08. The molecule has 0 saturated heterocycles. The quantitative estimate of drug-likeness (QED) is 0.814. The van der Waals surface area contributed by atoms with Crippen molar-refractivity contribution < 1.29 is 9.59 Å². The molecule has 0 radical (unpaired) electrons. The SMILES string of the molecule is CC(C)C(=O)NNC(=O)CCCc1ccc(Br)s1. The number of carbonyl (C=O) groups excluding carboxylic acids is 2. The molecule has 0 spiro atoms. The van der Waals surface area contributed by atoms with Crippen molar-refractivity contribution in [2.75, 3.05) is 0 Å². The van der Waals surface area contributed by atoms with Gasteiger partial charge in [-0.25, -0.2) is 0 Å². The first kappa shape index (κ1) is 15.2. The number of hydrogen-bond acceptors (Lipinski definition) is 3. The van der Waals surface area contributed by atoms with E-state index in [0.29, 0.717) is 6.42 Å². The summed E-state index contributed by atoms with van der Waals surface area (Å²) in [5, 5.41) is 0. The van der Waals surface area contributed by atoms with Crippen LogP contribution in [0, 0.1) is 5.92 Å². The number of halogens is 1. The first-order valence-corrected chi connectivity index (χ1v) is 7.43. The van der Waals surface area contributed by atoms with Crippen LogP contribution in [0.4, 0.5) is 0 Å². The van der Waals surface area contributed by atoms with Gasteiger partial charge in [0, 0.05) is 17.2 Å². The third kappa shape index (κ3) is 5.64. The molecule has 100 valence electrons. The number of hydrazine groups is 1. The topological polar surface area (TPSA) is 58.2 Å². The summed E-state index contributed by atoms with van der Waals surface area (Å²) >= 11 is 5.08. The Hall–Kier alpha value is -0.880. The molecule has 1 rings (SSSR count). The third-order valence-corrected chi connectivity index (χ3v) is 3.99. The van der Waals surface area contributed by atoms with Gasteiger partial charge in [0.1, 0.15) is 0 Å². The van der Waals surface area contributed by atoms with Gasteiger partial charge >= 0.3 is 0 Å². The first-order chi connectivity index (χ1) is 8.49. The van der Waals surface area contributed by atoms with Crippen molar-refractivity contribution in [3.05, 3.63) is 20.8 Å². The molecule has 0 aliphatic carbocycles. The van der Waals surface area contributed by atoms with Gasteiger partial charge in [0.15, 0.2) is 0 Å². The second-order valence-corrected chi connectivity index (χ2v) is 6.80. The van der Waals surface area contributed by atoms with Crippen molar-refractivity contribution in [3.63, 3.8) is 0 Å². The Balaban J connectivity index is 2.16.